The van der Waals surface area contributed by atoms with Gasteiger partial charge in [0.1, 0.15) is 10.0 Å². The average molecular weight is 1530 g/mol. The molecule has 0 fully saturated rings. The van der Waals surface area contributed by atoms with Crippen LogP contribution in [-0.2, 0) is 10.8 Å². The number of aromatic nitrogens is 2. The van der Waals surface area contributed by atoms with E-state index in [4.69, 9.17) is 40.1 Å². The molecule has 4 N–H and O–H groups in total. The highest BCUT2D eigenvalue weighted by molar-refractivity contribution is 7.80. The molecule has 2 aliphatic rings. The number of hydrogen-bond acceptors (Lipinski definition) is 8. The summed E-state index contributed by atoms with van der Waals surface area (Å²) in [5.41, 5.74) is 24.0. The van der Waals surface area contributed by atoms with Crippen molar-refractivity contribution in [1.82, 2.24) is 15.3 Å². The summed E-state index contributed by atoms with van der Waals surface area (Å²) >= 11 is 14.6. The number of anilines is 1. The van der Waals surface area contributed by atoms with Gasteiger partial charge in [-0.2, -0.15) is 4.99 Å². The summed E-state index contributed by atoms with van der Waals surface area (Å²) in [5, 5.41) is 13.0. The van der Waals surface area contributed by atoms with Crippen LogP contribution in [-0.4, -0.2) is 32.3 Å². The van der Waals surface area contributed by atoms with Gasteiger partial charge < -0.3 is 16.4 Å². The zero-order chi connectivity index (χ0) is 76.5. The fraction of sp³-hybridized carbons (Fsp3) is 0.592. The number of thiazole rings is 2. The Balaban J connectivity index is 0.000000247. The van der Waals surface area contributed by atoms with Gasteiger partial charge in [-0.1, -0.05) is 360 Å². The molecule has 0 amide bonds. The fourth-order valence-corrected chi connectivity index (χ4v) is 19.6. The number of fused-ring (bicyclic) bond motifs is 8. The number of nitrogens with zero attached hydrogens (tertiary/aromatic N) is 3. The van der Waals surface area contributed by atoms with Crippen LogP contribution in [0.1, 0.15) is 373 Å². The molecule has 2 aromatic heterocycles. The maximum atomic E-state index is 5.96. The van der Waals surface area contributed by atoms with E-state index in [0.29, 0.717) is 12.1 Å². The smallest absolute Gasteiger partial charge is 0.170 e. The monoisotopic (exact) mass is 1530 g/mol. The Kier molecular flexibility index (Phi) is 40.7. The number of benzene rings is 6. The van der Waals surface area contributed by atoms with E-state index in [0.717, 1.165) is 50.4 Å². The number of isothiocyanates is 1. The van der Waals surface area contributed by atoms with Gasteiger partial charge in [0.15, 0.2) is 5.11 Å². The van der Waals surface area contributed by atoms with Gasteiger partial charge in [-0.15, -0.1) is 22.7 Å². The Hall–Kier alpha value is -5.45. The Morgan fingerprint density at radius 2 is 0.759 bits per heavy atom. The Labute approximate surface area is 676 Å². The average Bonchev–Trinajstić information content (AvgIpc) is 1.57. The second kappa shape index (κ2) is 49.8. The molecule has 2 heterocycles. The van der Waals surface area contributed by atoms with Gasteiger partial charge in [-0.05, 0) is 181 Å². The molecule has 0 aliphatic heterocycles. The van der Waals surface area contributed by atoms with Gasteiger partial charge in [0, 0.05) is 39.7 Å². The number of nitrogens with two attached hydrogens (primary N) is 1. The molecule has 2 aliphatic carbocycles. The minimum absolute atomic E-state index is 0.00519. The first-order valence-electron chi connectivity index (χ1n) is 44.2. The number of nitrogens with one attached hydrogen (secondary N) is 2. The van der Waals surface area contributed by atoms with Crippen LogP contribution >= 0.6 is 47.1 Å². The van der Waals surface area contributed by atoms with E-state index in [1.807, 2.05) is 22.7 Å². The molecule has 10 heteroatoms. The minimum Gasteiger partial charge on any atom is -0.360 e. The van der Waals surface area contributed by atoms with Crippen LogP contribution in [0.5, 0.6) is 0 Å². The highest BCUT2D eigenvalue weighted by Crippen LogP contribution is 2.58. The molecule has 0 radical (unpaired) electrons. The number of hydrogen-bond donors (Lipinski definition) is 3. The summed E-state index contributed by atoms with van der Waals surface area (Å²) < 4.78 is 2.51. The normalized spacial score (nSPS) is 13.4. The van der Waals surface area contributed by atoms with Gasteiger partial charge in [0.2, 0.25) is 0 Å². The third-order valence-corrected chi connectivity index (χ3v) is 26.2. The summed E-state index contributed by atoms with van der Waals surface area (Å²) in [6, 6.07) is 46.3. The molecule has 2 unspecified atom stereocenters. The van der Waals surface area contributed by atoms with Crippen LogP contribution < -0.4 is 16.4 Å². The number of rotatable bonds is 51. The number of thiocarbonyl (C=S) groups is 2. The molecule has 0 spiro atoms. The highest BCUT2D eigenvalue weighted by Gasteiger charge is 2.44. The van der Waals surface area contributed by atoms with Crippen molar-refractivity contribution >= 4 is 89.2 Å². The molecule has 8 aromatic rings. The van der Waals surface area contributed by atoms with E-state index in [1.54, 1.807) is 0 Å². The lowest BCUT2D eigenvalue weighted by Gasteiger charge is -2.33. The second-order valence-corrected chi connectivity index (χ2v) is 34.8. The second-order valence-electron chi connectivity index (χ2n) is 32.1. The predicted molar refractivity (Wildman–Crippen MR) is 486 cm³/mol. The first kappa shape index (κ1) is 88.1. The maximum absolute atomic E-state index is 5.96. The Bertz CT molecular complexity index is 3800. The highest BCUT2D eigenvalue weighted by atomic mass is 32.1. The van der Waals surface area contributed by atoms with Crippen LogP contribution in [0, 0.1) is 0 Å². The van der Waals surface area contributed by atoms with Crippen LogP contribution in [0.3, 0.4) is 0 Å². The molecule has 2 atom stereocenters. The molecule has 6 aromatic carbocycles. The molecule has 6 nitrogen and oxygen atoms in total. The lowest BCUT2D eigenvalue weighted by molar-refractivity contribution is 0.397. The fourth-order valence-electron chi connectivity index (χ4n) is 17.2. The van der Waals surface area contributed by atoms with E-state index < -0.39 is 0 Å². The third-order valence-electron chi connectivity index (χ3n) is 23.7. The van der Waals surface area contributed by atoms with Crippen LogP contribution in [0.15, 0.2) is 126 Å². The van der Waals surface area contributed by atoms with E-state index in [9.17, 15) is 0 Å². The van der Waals surface area contributed by atoms with Gasteiger partial charge in [-0.25, -0.2) is 9.97 Å². The molecular weight excluding hydrogens is 1390 g/mol. The van der Waals surface area contributed by atoms with Crippen molar-refractivity contribution in [3.8, 4) is 43.4 Å². The van der Waals surface area contributed by atoms with Crippen molar-refractivity contribution in [1.29, 1.82) is 0 Å². The summed E-state index contributed by atoms with van der Waals surface area (Å²) in [6.07, 6.45) is 60.1. The Morgan fingerprint density at radius 3 is 1.15 bits per heavy atom. The topological polar surface area (TPSA) is 88.2 Å². The molecular formula is C98H142N6S4. The van der Waals surface area contributed by atoms with Gasteiger partial charge in [0.25, 0.3) is 0 Å². The zero-order valence-electron chi connectivity index (χ0n) is 68.8. The van der Waals surface area contributed by atoms with Crippen molar-refractivity contribution in [3.05, 3.63) is 144 Å². The standard InChI is InChI=1S/C49H71N3S2.C41H52N2S2.C8H19N/c1-5-9-12-14-16-18-20-25-34-49(35-26-21-19-17-15-13-10-6-2)43-36-38(47-52-45-28-23-24-29-46(45)54-47)30-32-41(43)42-33-31-40(37-44(42)49)51-48(53)50-39(8-4)27-22-11-7-3;1-3-5-7-9-11-13-15-19-27-41(28-20-16-14-12-10-8-6-4-2)36-29-32(40-43-38-21-17-18-22-39(38)45-40)23-25-34(36)35-26-24-33(42-31-44)30-37(35)41;1-3-5-6-7-8(9)4-2/h23-24,28-33,36-37,39H,5-22,25-27,34-35H2,1-4H3,(H2,50,51,53);17-18,21-26,29-30H,3-16,19-20,27-28H2,1-2H3;8H,3-7,9H2,1-2H3. The minimum atomic E-state index is -0.0133. The zero-order valence-corrected chi connectivity index (χ0v) is 72.0. The van der Waals surface area contributed by atoms with E-state index in [1.165, 1.54) is 348 Å². The summed E-state index contributed by atoms with van der Waals surface area (Å²) in [5.74, 6) is 0. The van der Waals surface area contributed by atoms with Crippen LogP contribution in [0.25, 0.3) is 63.8 Å². The van der Waals surface area contributed by atoms with Crippen LogP contribution in [0.4, 0.5) is 11.4 Å². The summed E-state index contributed by atoms with van der Waals surface area (Å²) in [4.78, 5) is 14.6. The lowest BCUT2D eigenvalue weighted by atomic mass is 9.70. The van der Waals surface area contributed by atoms with Gasteiger partial charge in [0.05, 0.1) is 31.3 Å². The lowest BCUT2D eigenvalue weighted by Crippen LogP contribution is -2.37. The van der Waals surface area contributed by atoms with Gasteiger partial charge in [-0.3, -0.25) is 0 Å². The van der Waals surface area contributed by atoms with Crippen molar-refractivity contribution in [2.75, 3.05) is 5.32 Å². The van der Waals surface area contributed by atoms with E-state index >= 15 is 0 Å². The van der Waals surface area contributed by atoms with Crippen molar-refractivity contribution < 1.29 is 0 Å². The maximum Gasteiger partial charge on any atom is 0.170 e. The number of aliphatic imine (C=N–C) groups is 1. The van der Waals surface area contributed by atoms with Gasteiger partial charge >= 0.3 is 0 Å². The molecule has 0 saturated heterocycles. The molecule has 0 saturated carbocycles. The quantitative estimate of drug-likeness (QED) is 0.0199. The third kappa shape index (κ3) is 26.6. The first-order chi connectivity index (χ1) is 53.0. The first-order valence-corrected chi connectivity index (χ1v) is 46.7. The molecule has 10 rings (SSSR count). The van der Waals surface area contributed by atoms with Crippen molar-refractivity contribution in [2.24, 2.45) is 10.7 Å². The molecule has 0 bridgehead atoms. The van der Waals surface area contributed by atoms with Crippen molar-refractivity contribution in [2.45, 2.75) is 374 Å². The van der Waals surface area contributed by atoms with Crippen LogP contribution in [0.2, 0.25) is 0 Å². The molecule has 588 valence electrons. The van der Waals surface area contributed by atoms with Crippen molar-refractivity contribution in [3.63, 3.8) is 0 Å². The van der Waals surface area contributed by atoms with E-state index in [-0.39, 0.29) is 10.8 Å². The predicted octanol–water partition coefficient (Wildman–Crippen LogP) is 32.3. The summed E-state index contributed by atoms with van der Waals surface area (Å²) in [6.45, 7) is 18.1. The SMILES string of the molecule is CCCCCC(N)CC.CCCCCCCCCCC1(CCCCCCCCCC)c2cc(N=C=S)ccc2-c2ccc(-c3nc4ccccc4s3)cc21.CCCCCCCCCCC1(CCCCCCCCCC)c2cc(NC(=S)NC(CC)CCCCC)ccc2-c2ccc(-c3nc4ccccc4s3)cc21. The molecule has 108 heavy (non-hydrogen) atoms. The van der Waals surface area contributed by atoms with E-state index in [2.05, 4.69) is 198 Å². The summed E-state index contributed by atoms with van der Waals surface area (Å²) in [7, 11) is 0. The number of para-hydroxylation sites is 2. The number of unbranched alkanes of at least 4 members (excludes halogenated alkanes) is 32. The Morgan fingerprint density at radius 1 is 0.407 bits per heavy atom. The largest absolute Gasteiger partial charge is 0.360 e.